The summed E-state index contributed by atoms with van der Waals surface area (Å²) in [4.78, 5) is 0. The zero-order valence-electron chi connectivity index (χ0n) is 24.7. The van der Waals surface area contributed by atoms with Gasteiger partial charge < -0.3 is 0 Å². The summed E-state index contributed by atoms with van der Waals surface area (Å²) in [5.41, 5.74) is 0. The maximum Gasteiger partial charge on any atom is 0.0594 e. The molecule has 0 saturated carbocycles. The van der Waals surface area contributed by atoms with E-state index in [9.17, 15) is 0 Å². The molecule has 0 fully saturated rings. The first kappa shape index (κ1) is 36.5. The van der Waals surface area contributed by atoms with E-state index in [-0.39, 0.29) is 4.70 Å². The second-order valence-corrected chi connectivity index (χ2v) is 15.8. The second-order valence-electron chi connectivity index (χ2n) is 11.3. The van der Waals surface area contributed by atoms with Crippen LogP contribution in [0, 0.1) is 0 Å². The normalized spacial score (nSPS) is 11.6. The highest BCUT2D eigenvalue weighted by Crippen LogP contribution is 2.61. The zero-order valence-corrected chi connectivity index (χ0v) is 25.5. The quantitative estimate of drug-likeness (QED) is 0.0735. The average molecular weight is 504 g/mol. The molecule has 0 aliphatic heterocycles. The first-order valence-electron chi connectivity index (χ1n) is 16.1. The maximum atomic E-state index is 2.35. The van der Waals surface area contributed by atoms with E-state index in [4.69, 9.17) is 0 Å². The minimum Gasteiger partial charge on any atom is -0.269 e. The van der Waals surface area contributed by atoms with Gasteiger partial charge in [0.15, 0.2) is 0 Å². The van der Waals surface area contributed by atoms with Gasteiger partial charge in [-0.3, -0.25) is 4.70 Å². The Labute approximate surface area is 218 Å². The van der Waals surface area contributed by atoms with Crippen molar-refractivity contribution < 1.29 is 4.70 Å². The standard InChI is InChI=1S/C32H68P.FH/c1-5-9-13-17-21-25-29-33(30-26-22-18-14-10-6-2,31-27-23-19-15-11-7-3)32-28-24-20-16-12-8-4;/h5-32H2,1-4H3;1H/q+1;. The molecule has 34 heavy (non-hydrogen) atoms. The Hall–Kier alpha value is 0.360. The number of unbranched alkanes of at least 4 members (excludes halogenated alkanes) is 20. The predicted molar refractivity (Wildman–Crippen MR) is 162 cm³/mol. The molecule has 0 aromatic carbocycles. The van der Waals surface area contributed by atoms with Gasteiger partial charge in [0.1, 0.15) is 0 Å². The monoisotopic (exact) mass is 504 g/mol. The van der Waals surface area contributed by atoms with Crippen LogP contribution in [0.15, 0.2) is 0 Å². The van der Waals surface area contributed by atoms with E-state index >= 15 is 0 Å². The van der Waals surface area contributed by atoms with Crippen molar-refractivity contribution in [2.45, 2.75) is 182 Å². The lowest BCUT2D eigenvalue weighted by Crippen LogP contribution is -2.13. The lowest BCUT2D eigenvalue weighted by molar-refractivity contribution is 0.610. The van der Waals surface area contributed by atoms with E-state index in [0.717, 1.165) is 0 Å². The Morgan fingerprint density at radius 3 is 0.647 bits per heavy atom. The van der Waals surface area contributed by atoms with Crippen LogP contribution in [-0.4, -0.2) is 24.6 Å². The van der Waals surface area contributed by atoms with E-state index in [2.05, 4.69) is 27.7 Å². The SMILES string of the molecule is CCCCCCCC[P+](CCCCCCCC)(CCCCCCCC)CCCCCCCC.F. The van der Waals surface area contributed by atoms with E-state index in [1.807, 2.05) is 0 Å². The van der Waals surface area contributed by atoms with Crippen molar-refractivity contribution >= 4 is 7.26 Å². The number of halogens is 1. The molecule has 0 N–H and O–H groups in total. The molecule has 0 nitrogen and oxygen atoms in total. The maximum absolute atomic E-state index is 2.35. The summed E-state index contributed by atoms with van der Waals surface area (Å²) in [6, 6.07) is 0. The van der Waals surface area contributed by atoms with Gasteiger partial charge in [-0.15, -0.1) is 0 Å². The first-order valence-corrected chi connectivity index (χ1v) is 18.6. The summed E-state index contributed by atoms with van der Waals surface area (Å²) in [6.45, 7) is 9.38. The van der Waals surface area contributed by atoms with Crippen LogP contribution in [0.3, 0.4) is 0 Å². The Bertz CT molecular complexity index is 287. The molecular weight excluding hydrogens is 434 g/mol. The molecular formula is C32H69FP+. The molecule has 0 aliphatic carbocycles. The number of hydrogen-bond acceptors (Lipinski definition) is 0. The fourth-order valence-electron chi connectivity index (χ4n) is 5.58. The molecule has 0 bridgehead atoms. The van der Waals surface area contributed by atoms with Crippen LogP contribution in [0.1, 0.15) is 182 Å². The molecule has 0 rings (SSSR count). The third kappa shape index (κ3) is 24.1. The summed E-state index contributed by atoms with van der Waals surface area (Å²) in [6.07, 6.45) is 42.1. The summed E-state index contributed by atoms with van der Waals surface area (Å²) in [5.74, 6) is 0. The second kappa shape index (κ2) is 29.6. The molecule has 0 aromatic rings. The number of hydrogen-bond donors (Lipinski definition) is 0. The van der Waals surface area contributed by atoms with Crippen LogP contribution in [0.2, 0.25) is 0 Å². The summed E-state index contributed by atoms with van der Waals surface area (Å²) >= 11 is 0. The Morgan fingerprint density at radius 1 is 0.265 bits per heavy atom. The molecule has 0 amide bonds. The molecule has 2 heteroatoms. The molecule has 0 saturated heterocycles. The van der Waals surface area contributed by atoms with Crippen molar-refractivity contribution in [1.29, 1.82) is 0 Å². The van der Waals surface area contributed by atoms with Crippen molar-refractivity contribution in [2.75, 3.05) is 24.6 Å². The molecule has 0 radical (unpaired) electrons. The molecule has 0 unspecified atom stereocenters. The third-order valence-electron chi connectivity index (χ3n) is 7.94. The molecule has 208 valence electrons. The predicted octanol–water partition coefficient (Wildman–Crippen LogP) is 12.6. The molecule has 0 heterocycles. The van der Waals surface area contributed by atoms with Gasteiger partial charge in [-0.2, -0.15) is 0 Å². The first-order chi connectivity index (χ1) is 16.2. The van der Waals surface area contributed by atoms with Crippen molar-refractivity contribution in [2.24, 2.45) is 0 Å². The van der Waals surface area contributed by atoms with Crippen LogP contribution in [0.25, 0.3) is 0 Å². The third-order valence-corrected chi connectivity index (χ3v) is 13.0. The fourth-order valence-corrected chi connectivity index (χ4v) is 10.5. The Kier molecular flexibility index (Phi) is 31.8. The van der Waals surface area contributed by atoms with Gasteiger partial charge in [0.05, 0.1) is 24.6 Å². The Morgan fingerprint density at radius 2 is 0.441 bits per heavy atom. The molecule has 0 aliphatic rings. The van der Waals surface area contributed by atoms with Crippen LogP contribution in [-0.2, 0) is 0 Å². The van der Waals surface area contributed by atoms with Crippen LogP contribution in [0.5, 0.6) is 0 Å². The van der Waals surface area contributed by atoms with Gasteiger partial charge in [-0.05, 0) is 51.4 Å². The highest BCUT2D eigenvalue weighted by atomic mass is 31.2. The zero-order chi connectivity index (χ0) is 24.3. The van der Waals surface area contributed by atoms with E-state index < -0.39 is 7.26 Å². The van der Waals surface area contributed by atoms with Crippen molar-refractivity contribution in [3.05, 3.63) is 0 Å². The topological polar surface area (TPSA) is 0 Å². The van der Waals surface area contributed by atoms with Crippen LogP contribution in [0.4, 0.5) is 4.70 Å². The average Bonchev–Trinajstić information content (AvgIpc) is 2.83. The highest BCUT2D eigenvalue weighted by Gasteiger charge is 2.34. The van der Waals surface area contributed by atoms with Gasteiger partial charge in [-0.25, -0.2) is 0 Å². The minimum atomic E-state index is -0.718. The van der Waals surface area contributed by atoms with Gasteiger partial charge in [0.25, 0.3) is 0 Å². The van der Waals surface area contributed by atoms with Crippen LogP contribution < -0.4 is 0 Å². The van der Waals surface area contributed by atoms with Crippen molar-refractivity contribution in [3.63, 3.8) is 0 Å². The van der Waals surface area contributed by atoms with Gasteiger partial charge >= 0.3 is 0 Å². The summed E-state index contributed by atoms with van der Waals surface area (Å²) in [7, 11) is -0.718. The Balaban J connectivity index is 0. The van der Waals surface area contributed by atoms with E-state index in [1.54, 1.807) is 50.3 Å². The van der Waals surface area contributed by atoms with Crippen molar-refractivity contribution in [1.82, 2.24) is 0 Å². The lowest BCUT2D eigenvalue weighted by Gasteiger charge is -2.28. The fraction of sp³-hybridized carbons (Fsp3) is 1.00. The molecule has 0 aromatic heterocycles. The lowest BCUT2D eigenvalue weighted by atomic mass is 10.1. The highest BCUT2D eigenvalue weighted by molar-refractivity contribution is 7.75. The minimum absolute atomic E-state index is 0. The van der Waals surface area contributed by atoms with Gasteiger partial charge in [0.2, 0.25) is 0 Å². The van der Waals surface area contributed by atoms with E-state index in [0.29, 0.717) is 0 Å². The van der Waals surface area contributed by atoms with Crippen molar-refractivity contribution in [3.8, 4) is 0 Å². The number of rotatable bonds is 28. The van der Waals surface area contributed by atoms with Crippen LogP contribution >= 0.6 is 7.26 Å². The summed E-state index contributed by atoms with van der Waals surface area (Å²) in [5, 5.41) is 0. The molecule has 0 atom stereocenters. The van der Waals surface area contributed by atoms with E-state index in [1.165, 1.54) is 128 Å². The summed E-state index contributed by atoms with van der Waals surface area (Å²) < 4.78 is 0. The van der Waals surface area contributed by atoms with Gasteiger partial charge in [-0.1, -0.05) is 130 Å². The van der Waals surface area contributed by atoms with Gasteiger partial charge in [0, 0.05) is 7.26 Å². The smallest absolute Gasteiger partial charge is 0.0594 e. The molecule has 0 spiro atoms. The largest absolute Gasteiger partial charge is 0.269 e.